The van der Waals surface area contributed by atoms with Crippen LogP contribution in [0.2, 0.25) is 0 Å². The predicted molar refractivity (Wildman–Crippen MR) is 124 cm³/mol. The first-order valence-electron chi connectivity index (χ1n) is 11.6. The Morgan fingerprint density at radius 2 is 1.74 bits per heavy atom. The summed E-state index contributed by atoms with van der Waals surface area (Å²) < 4.78 is 14.8. The molecule has 3 atom stereocenters. The highest BCUT2D eigenvalue weighted by Crippen LogP contribution is 2.40. The Morgan fingerprint density at radius 3 is 2.41 bits per heavy atom. The van der Waals surface area contributed by atoms with Crippen LogP contribution in [0.4, 0.5) is 4.79 Å². The van der Waals surface area contributed by atoms with Crippen LogP contribution in [0.25, 0.3) is 5.69 Å². The number of hydrogen-bond acceptors (Lipinski definition) is 6. The second kappa shape index (κ2) is 8.62. The number of hydrogen-bond donors (Lipinski definition) is 0. The first kappa shape index (κ1) is 22.2. The van der Waals surface area contributed by atoms with Crippen LogP contribution >= 0.6 is 0 Å². The van der Waals surface area contributed by atoms with E-state index in [1.54, 1.807) is 31.6 Å². The Labute approximate surface area is 198 Å². The van der Waals surface area contributed by atoms with Gasteiger partial charge in [0.15, 0.2) is 5.69 Å². The summed E-state index contributed by atoms with van der Waals surface area (Å²) >= 11 is 0. The second-order valence-electron chi connectivity index (χ2n) is 9.98. The highest BCUT2D eigenvalue weighted by atomic mass is 16.6. The number of carbonyl (C=O) groups is 2. The molecule has 3 heterocycles. The molecule has 2 aromatic heterocycles. The number of benzene rings is 1. The van der Waals surface area contributed by atoms with Gasteiger partial charge >= 0.3 is 12.0 Å². The van der Waals surface area contributed by atoms with Gasteiger partial charge in [-0.1, -0.05) is 12.1 Å². The van der Waals surface area contributed by atoms with Gasteiger partial charge in [-0.25, -0.2) is 14.3 Å². The summed E-state index contributed by atoms with van der Waals surface area (Å²) in [6, 6.07) is 11.1. The maximum Gasteiger partial charge on any atom is 0.359 e. The third kappa shape index (κ3) is 4.55. The van der Waals surface area contributed by atoms with E-state index in [1.165, 1.54) is 16.9 Å². The summed E-state index contributed by atoms with van der Waals surface area (Å²) in [5.74, 6) is 1.04. The van der Waals surface area contributed by atoms with E-state index in [2.05, 4.69) is 10.2 Å². The molecule has 1 amide bonds. The minimum Gasteiger partial charge on any atom is -0.488 e. The van der Waals surface area contributed by atoms with Gasteiger partial charge in [0.2, 0.25) is 0 Å². The highest BCUT2D eigenvalue weighted by molar-refractivity contribution is 5.88. The molecule has 34 heavy (non-hydrogen) atoms. The third-order valence-electron chi connectivity index (χ3n) is 6.28. The average molecular weight is 464 g/mol. The number of carbonyl (C=O) groups excluding carboxylic acids is 2. The number of likely N-dealkylation sites (tertiary alicyclic amines) is 1. The van der Waals surface area contributed by atoms with Gasteiger partial charge in [0.25, 0.3) is 0 Å². The minimum absolute atomic E-state index is 0.104. The molecular weight excluding hydrogens is 434 g/mol. The molecule has 0 spiro atoms. The molecule has 5 rings (SSSR count). The number of para-hydroxylation sites is 2. The Balaban J connectivity index is 1.19. The summed E-state index contributed by atoms with van der Waals surface area (Å²) in [5, 5.41) is 8.48. The van der Waals surface area contributed by atoms with Crippen molar-refractivity contribution in [1.29, 1.82) is 0 Å². The van der Waals surface area contributed by atoms with Crippen LogP contribution in [-0.4, -0.2) is 61.3 Å². The van der Waals surface area contributed by atoms with Crippen molar-refractivity contribution in [1.82, 2.24) is 24.5 Å². The van der Waals surface area contributed by atoms with E-state index >= 15 is 0 Å². The monoisotopic (exact) mass is 463 g/mol. The van der Waals surface area contributed by atoms with E-state index in [0.29, 0.717) is 24.9 Å². The fourth-order valence-electron chi connectivity index (χ4n) is 4.85. The van der Waals surface area contributed by atoms with Crippen molar-refractivity contribution in [3.63, 3.8) is 0 Å². The first-order chi connectivity index (χ1) is 16.3. The van der Waals surface area contributed by atoms with Crippen molar-refractivity contribution in [2.45, 2.75) is 45.3 Å². The fraction of sp³-hybridized carbons (Fsp3) is 0.440. The molecule has 2 fully saturated rings. The van der Waals surface area contributed by atoms with Gasteiger partial charge in [-0.2, -0.15) is 14.9 Å². The van der Waals surface area contributed by atoms with Crippen molar-refractivity contribution in [2.24, 2.45) is 11.8 Å². The molecule has 0 radical (unpaired) electrons. The Morgan fingerprint density at radius 1 is 1.00 bits per heavy atom. The van der Waals surface area contributed by atoms with Crippen LogP contribution in [-0.2, 0) is 4.74 Å². The second-order valence-corrected chi connectivity index (χ2v) is 9.98. The van der Waals surface area contributed by atoms with Crippen molar-refractivity contribution in [3.05, 3.63) is 60.7 Å². The molecule has 9 heteroatoms. The number of nitrogens with zero attached hydrogens (tertiary/aromatic N) is 5. The van der Waals surface area contributed by atoms with Gasteiger partial charge < -0.3 is 14.4 Å². The maximum atomic E-state index is 13.0. The van der Waals surface area contributed by atoms with E-state index in [4.69, 9.17) is 9.47 Å². The Bertz CT molecular complexity index is 1170. The lowest BCUT2D eigenvalue weighted by molar-refractivity contribution is 0.00623. The summed E-state index contributed by atoms with van der Waals surface area (Å²) in [6.45, 7) is 6.70. The molecule has 0 N–H and O–H groups in total. The van der Waals surface area contributed by atoms with Gasteiger partial charge in [0, 0.05) is 31.7 Å². The van der Waals surface area contributed by atoms with Crippen molar-refractivity contribution in [3.8, 4) is 11.4 Å². The number of fused-ring (bicyclic) bond motifs is 1. The molecule has 178 valence electrons. The fourth-order valence-corrected chi connectivity index (χ4v) is 4.85. The average Bonchev–Trinajstić information content (AvgIpc) is 3.55. The van der Waals surface area contributed by atoms with Crippen LogP contribution < -0.4 is 4.74 Å². The number of esters is 1. The SMILES string of the molecule is CC(C)(C)OC(=O)c1ccn(C(=O)N2C[C@H]3C[C@H](Oc4ccccc4-n4cccn4)C[C@H]3C2)n1. The molecule has 9 nitrogen and oxygen atoms in total. The zero-order valence-corrected chi connectivity index (χ0v) is 19.6. The van der Waals surface area contributed by atoms with Crippen LogP contribution in [0, 0.1) is 11.8 Å². The summed E-state index contributed by atoms with van der Waals surface area (Å²) in [7, 11) is 0. The minimum atomic E-state index is -0.616. The lowest BCUT2D eigenvalue weighted by atomic mass is 10.0. The lowest BCUT2D eigenvalue weighted by Crippen LogP contribution is -2.35. The summed E-state index contributed by atoms with van der Waals surface area (Å²) in [6.07, 6.45) is 7.06. The van der Waals surface area contributed by atoms with Gasteiger partial charge in [-0.15, -0.1) is 0 Å². The quantitative estimate of drug-likeness (QED) is 0.547. The van der Waals surface area contributed by atoms with E-state index in [-0.39, 0.29) is 17.8 Å². The molecule has 1 saturated heterocycles. The number of aromatic nitrogens is 4. The molecule has 0 unspecified atom stereocenters. The van der Waals surface area contributed by atoms with Gasteiger partial charge in [0.1, 0.15) is 17.0 Å². The standard InChI is InChI=1S/C25H29N5O4/c1-25(2,3)34-23(31)20-9-12-30(27-20)24(32)28-15-17-13-19(14-18(17)16-28)33-22-8-5-4-7-21(22)29-11-6-10-26-29/h4-12,17-19H,13-16H2,1-3H3/t17-,18+,19+. The highest BCUT2D eigenvalue weighted by Gasteiger charge is 2.44. The van der Waals surface area contributed by atoms with E-state index in [1.807, 2.05) is 41.4 Å². The molecule has 3 aromatic rings. The topological polar surface area (TPSA) is 91.5 Å². The third-order valence-corrected chi connectivity index (χ3v) is 6.28. The van der Waals surface area contributed by atoms with Crippen LogP contribution in [0.1, 0.15) is 44.1 Å². The number of amides is 1. The van der Waals surface area contributed by atoms with Crippen LogP contribution in [0.15, 0.2) is 55.0 Å². The smallest absolute Gasteiger partial charge is 0.359 e. The van der Waals surface area contributed by atoms with E-state index in [0.717, 1.165) is 24.3 Å². The van der Waals surface area contributed by atoms with Crippen LogP contribution in [0.5, 0.6) is 5.75 Å². The summed E-state index contributed by atoms with van der Waals surface area (Å²) in [5.41, 5.74) is 0.433. The number of rotatable bonds is 4. The van der Waals surface area contributed by atoms with Gasteiger partial charge in [-0.3, -0.25) is 0 Å². The molecule has 2 aliphatic rings. The Kier molecular flexibility index (Phi) is 5.63. The largest absolute Gasteiger partial charge is 0.488 e. The van der Waals surface area contributed by atoms with Crippen molar-refractivity contribution < 1.29 is 19.1 Å². The normalized spacial score (nSPS) is 22.0. The van der Waals surface area contributed by atoms with E-state index < -0.39 is 11.6 Å². The predicted octanol–water partition coefficient (Wildman–Crippen LogP) is 3.78. The first-order valence-corrected chi connectivity index (χ1v) is 11.6. The van der Waals surface area contributed by atoms with Crippen LogP contribution in [0.3, 0.4) is 0 Å². The van der Waals surface area contributed by atoms with Crippen molar-refractivity contribution in [2.75, 3.05) is 13.1 Å². The zero-order chi connectivity index (χ0) is 23.9. The molecule has 1 aliphatic heterocycles. The Hall–Kier alpha value is -3.62. The maximum absolute atomic E-state index is 13.0. The molecule has 1 saturated carbocycles. The molecule has 1 aliphatic carbocycles. The van der Waals surface area contributed by atoms with Gasteiger partial charge in [0.05, 0.1) is 6.10 Å². The molecular formula is C25H29N5O4. The zero-order valence-electron chi connectivity index (χ0n) is 19.6. The summed E-state index contributed by atoms with van der Waals surface area (Å²) in [4.78, 5) is 27.0. The van der Waals surface area contributed by atoms with Gasteiger partial charge in [-0.05, 0) is 69.7 Å². The molecule has 1 aromatic carbocycles. The number of ether oxygens (including phenoxy) is 2. The van der Waals surface area contributed by atoms with Crippen molar-refractivity contribution >= 4 is 12.0 Å². The molecule has 0 bridgehead atoms. The lowest BCUT2D eigenvalue weighted by Gasteiger charge is -2.21. The van der Waals surface area contributed by atoms with E-state index in [9.17, 15) is 9.59 Å².